The fraction of sp³-hybridized carbons (Fsp3) is 0.562. The van der Waals surface area contributed by atoms with Gasteiger partial charge >= 0.3 is 0 Å². The summed E-state index contributed by atoms with van der Waals surface area (Å²) >= 11 is 0. The second kappa shape index (κ2) is 10.3. The molecule has 5 nitrogen and oxygen atoms in total. The first-order valence-corrected chi connectivity index (χ1v) is 7.29. The average Bonchev–Trinajstić information content (AvgIpc) is 2.46. The summed E-state index contributed by atoms with van der Waals surface area (Å²) in [5.74, 6) is 1.63. The minimum absolute atomic E-state index is 0. The second-order valence-corrected chi connectivity index (χ2v) is 5.51. The van der Waals surface area contributed by atoms with Crippen molar-refractivity contribution >= 4 is 18.3 Å². The van der Waals surface area contributed by atoms with Crippen LogP contribution in [-0.4, -0.2) is 32.2 Å². The Morgan fingerprint density at radius 2 is 1.95 bits per heavy atom. The van der Waals surface area contributed by atoms with Gasteiger partial charge in [0, 0.05) is 18.2 Å². The van der Waals surface area contributed by atoms with Gasteiger partial charge in [0.1, 0.15) is 0 Å². The van der Waals surface area contributed by atoms with Crippen LogP contribution < -0.4 is 20.5 Å². The number of carbonyl (C=O) groups is 1. The molecule has 22 heavy (non-hydrogen) atoms. The molecule has 0 fully saturated rings. The third kappa shape index (κ3) is 6.54. The molecule has 0 radical (unpaired) electrons. The van der Waals surface area contributed by atoms with E-state index < -0.39 is 0 Å². The molecule has 0 heterocycles. The van der Waals surface area contributed by atoms with Crippen molar-refractivity contribution < 1.29 is 14.3 Å². The Labute approximate surface area is 139 Å². The highest BCUT2D eigenvalue weighted by molar-refractivity contribution is 5.95. The third-order valence-electron chi connectivity index (χ3n) is 3.11. The zero-order chi connectivity index (χ0) is 15.8. The van der Waals surface area contributed by atoms with Gasteiger partial charge in [0.05, 0.1) is 13.7 Å². The Hall–Kier alpha value is -1.46. The standard InChI is InChI=1S/C16H26N2O3.ClH/c1-11(2)7-8-21-14-6-5-13(9-15(14)20-4)16(19)18-12(3)10-17;/h5-6,9,11-12H,7-8,10,17H2,1-4H3,(H,18,19);1H/t12-;/m0./s1. The van der Waals surface area contributed by atoms with Crippen LogP contribution in [0, 0.1) is 5.92 Å². The molecule has 126 valence electrons. The van der Waals surface area contributed by atoms with E-state index in [0.717, 1.165) is 6.42 Å². The number of hydrogen-bond donors (Lipinski definition) is 2. The van der Waals surface area contributed by atoms with Crippen LogP contribution >= 0.6 is 12.4 Å². The summed E-state index contributed by atoms with van der Waals surface area (Å²) in [5, 5.41) is 2.81. The van der Waals surface area contributed by atoms with E-state index in [2.05, 4.69) is 19.2 Å². The van der Waals surface area contributed by atoms with Gasteiger partial charge in [-0.2, -0.15) is 0 Å². The number of nitrogens with two attached hydrogens (primary N) is 1. The molecule has 1 aromatic rings. The Kier molecular flexibility index (Phi) is 9.61. The second-order valence-electron chi connectivity index (χ2n) is 5.51. The molecule has 1 amide bonds. The molecular formula is C16H27ClN2O3. The van der Waals surface area contributed by atoms with Crippen LogP contribution in [0.25, 0.3) is 0 Å². The summed E-state index contributed by atoms with van der Waals surface area (Å²) in [4.78, 5) is 12.0. The minimum Gasteiger partial charge on any atom is -0.493 e. The molecule has 0 bridgehead atoms. The van der Waals surface area contributed by atoms with Crippen molar-refractivity contribution in [2.75, 3.05) is 20.3 Å². The van der Waals surface area contributed by atoms with E-state index in [1.54, 1.807) is 25.3 Å². The van der Waals surface area contributed by atoms with Crippen LogP contribution in [0.5, 0.6) is 11.5 Å². The van der Waals surface area contributed by atoms with Crippen LogP contribution in [0.1, 0.15) is 37.6 Å². The summed E-state index contributed by atoms with van der Waals surface area (Å²) in [7, 11) is 1.56. The maximum absolute atomic E-state index is 12.0. The predicted octanol–water partition coefficient (Wildman–Crippen LogP) is 2.62. The largest absolute Gasteiger partial charge is 0.493 e. The summed E-state index contributed by atoms with van der Waals surface area (Å²) in [5.41, 5.74) is 6.03. The highest BCUT2D eigenvalue weighted by Crippen LogP contribution is 2.28. The number of rotatable bonds is 8. The molecule has 1 rings (SSSR count). The van der Waals surface area contributed by atoms with E-state index in [4.69, 9.17) is 15.2 Å². The maximum Gasteiger partial charge on any atom is 0.251 e. The number of ether oxygens (including phenoxy) is 2. The fourth-order valence-electron chi connectivity index (χ4n) is 1.70. The summed E-state index contributed by atoms with van der Waals surface area (Å²) in [6, 6.07) is 5.11. The van der Waals surface area contributed by atoms with Gasteiger partial charge in [0.25, 0.3) is 5.91 Å². The molecule has 0 spiro atoms. The SMILES string of the molecule is COc1cc(C(=O)N[C@@H](C)CN)ccc1OCCC(C)C.Cl. The molecule has 0 aromatic heterocycles. The first-order chi connectivity index (χ1) is 9.97. The lowest BCUT2D eigenvalue weighted by Crippen LogP contribution is -2.37. The smallest absolute Gasteiger partial charge is 0.251 e. The van der Waals surface area contributed by atoms with E-state index in [0.29, 0.717) is 36.1 Å². The van der Waals surface area contributed by atoms with Gasteiger partial charge in [-0.1, -0.05) is 13.8 Å². The van der Waals surface area contributed by atoms with Crippen molar-refractivity contribution in [1.82, 2.24) is 5.32 Å². The lowest BCUT2D eigenvalue weighted by molar-refractivity contribution is 0.0941. The molecule has 0 saturated heterocycles. The average molecular weight is 331 g/mol. The zero-order valence-electron chi connectivity index (χ0n) is 13.7. The van der Waals surface area contributed by atoms with E-state index in [1.807, 2.05) is 6.92 Å². The third-order valence-corrected chi connectivity index (χ3v) is 3.11. The maximum atomic E-state index is 12.0. The van der Waals surface area contributed by atoms with Crippen LogP contribution in [0.2, 0.25) is 0 Å². The lowest BCUT2D eigenvalue weighted by Gasteiger charge is -2.14. The molecule has 1 atom stereocenters. The van der Waals surface area contributed by atoms with Gasteiger partial charge in [-0.25, -0.2) is 0 Å². The van der Waals surface area contributed by atoms with Crippen molar-refractivity contribution in [3.05, 3.63) is 23.8 Å². The van der Waals surface area contributed by atoms with Crippen molar-refractivity contribution in [3.8, 4) is 11.5 Å². The van der Waals surface area contributed by atoms with Gasteiger partial charge in [0.2, 0.25) is 0 Å². The highest BCUT2D eigenvalue weighted by atomic mass is 35.5. The van der Waals surface area contributed by atoms with Gasteiger partial charge in [-0.15, -0.1) is 12.4 Å². The van der Waals surface area contributed by atoms with E-state index in [-0.39, 0.29) is 24.4 Å². The molecule has 0 aliphatic heterocycles. The quantitative estimate of drug-likeness (QED) is 0.768. The molecule has 0 saturated carbocycles. The summed E-state index contributed by atoms with van der Waals surface area (Å²) in [6.45, 7) is 7.18. The van der Waals surface area contributed by atoms with Gasteiger partial charge < -0.3 is 20.5 Å². The number of hydrogen-bond acceptors (Lipinski definition) is 4. The fourth-order valence-corrected chi connectivity index (χ4v) is 1.70. The Bertz CT molecular complexity index is 467. The lowest BCUT2D eigenvalue weighted by atomic mass is 10.1. The summed E-state index contributed by atoms with van der Waals surface area (Å²) < 4.78 is 11.0. The normalized spacial score (nSPS) is 11.5. The number of halogens is 1. The molecule has 6 heteroatoms. The van der Waals surface area contributed by atoms with Crippen LogP contribution in [0.3, 0.4) is 0 Å². The van der Waals surface area contributed by atoms with Crippen LogP contribution in [0.4, 0.5) is 0 Å². The van der Waals surface area contributed by atoms with Crippen molar-refractivity contribution in [1.29, 1.82) is 0 Å². The molecule has 0 aliphatic carbocycles. The Balaban J connectivity index is 0.00000441. The summed E-state index contributed by atoms with van der Waals surface area (Å²) in [6.07, 6.45) is 0.972. The van der Waals surface area contributed by atoms with E-state index in [9.17, 15) is 4.79 Å². The Morgan fingerprint density at radius 1 is 1.27 bits per heavy atom. The van der Waals surface area contributed by atoms with Gasteiger partial charge in [-0.3, -0.25) is 4.79 Å². The van der Waals surface area contributed by atoms with E-state index in [1.165, 1.54) is 0 Å². The molecule has 0 aliphatic rings. The topological polar surface area (TPSA) is 73.6 Å². The minimum atomic E-state index is -0.167. The zero-order valence-corrected chi connectivity index (χ0v) is 14.5. The monoisotopic (exact) mass is 330 g/mol. The van der Waals surface area contributed by atoms with Crippen molar-refractivity contribution in [2.45, 2.75) is 33.2 Å². The highest BCUT2D eigenvalue weighted by Gasteiger charge is 2.12. The number of carbonyl (C=O) groups excluding carboxylic acids is 1. The molecule has 3 N–H and O–H groups in total. The number of benzene rings is 1. The van der Waals surface area contributed by atoms with Gasteiger partial charge in [-0.05, 0) is 37.5 Å². The Morgan fingerprint density at radius 3 is 2.50 bits per heavy atom. The van der Waals surface area contributed by atoms with Gasteiger partial charge in [0.15, 0.2) is 11.5 Å². The van der Waals surface area contributed by atoms with Crippen LogP contribution in [0.15, 0.2) is 18.2 Å². The van der Waals surface area contributed by atoms with Crippen LogP contribution in [-0.2, 0) is 0 Å². The first kappa shape index (κ1) is 20.5. The number of nitrogens with one attached hydrogen (secondary N) is 1. The predicted molar refractivity (Wildman–Crippen MR) is 91.2 cm³/mol. The van der Waals surface area contributed by atoms with Crippen molar-refractivity contribution in [2.24, 2.45) is 11.7 Å². The molecule has 1 aromatic carbocycles. The number of methoxy groups -OCH3 is 1. The first-order valence-electron chi connectivity index (χ1n) is 7.29. The number of amides is 1. The van der Waals surface area contributed by atoms with Crippen molar-refractivity contribution in [3.63, 3.8) is 0 Å². The van der Waals surface area contributed by atoms with E-state index >= 15 is 0 Å². The molecular weight excluding hydrogens is 304 g/mol. The molecule has 0 unspecified atom stereocenters.